The molecule has 1 amide bonds. The number of carbonyl (C=O) groups is 2. The van der Waals surface area contributed by atoms with Crippen LogP contribution in [0.2, 0.25) is 0 Å². The standard InChI is InChI=1S/C15H22N2O3/c1-4-5-13(16)14(18)17-12-8-6-11(7-9-12)15(19)20-10(2)3/h6-10,13H,4-5,16H2,1-3H3,(H,17,18)/t13-/m1/s1. The molecule has 0 radical (unpaired) electrons. The molecule has 5 heteroatoms. The zero-order chi connectivity index (χ0) is 15.1. The molecule has 0 aliphatic carbocycles. The Morgan fingerprint density at radius 1 is 1.25 bits per heavy atom. The fourth-order valence-electron chi connectivity index (χ4n) is 1.65. The van der Waals surface area contributed by atoms with Crippen molar-refractivity contribution in [1.82, 2.24) is 0 Å². The molecule has 1 rings (SSSR count). The molecule has 0 unspecified atom stereocenters. The summed E-state index contributed by atoms with van der Waals surface area (Å²) < 4.78 is 5.08. The smallest absolute Gasteiger partial charge is 0.338 e. The Hall–Kier alpha value is -1.88. The number of ether oxygens (including phenoxy) is 1. The maximum Gasteiger partial charge on any atom is 0.338 e. The normalized spacial score (nSPS) is 12.1. The van der Waals surface area contributed by atoms with Crippen LogP contribution in [0.5, 0.6) is 0 Å². The van der Waals surface area contributed by atoms with Gasteiger partial charge in [0.2, 0.25) is 5.91 Å². The Bertz CT molecular complexity index is 455. The molecule has 1 aromatic carbocycles. The summed E-state index contributed by atoms with van der Waals surface area (Å²) in [7, 11) is 0. The summed E-state index contributed by atoms with van der Waals surface area (Å²) in [5.74, 6) is -0.593. The first-order valence-corrected chi connectivity index (χ1v) is 6.81. The zero-order valence-electron chi connectivity index (χ0n) is 12.2. The van der Waals surface area contributed by atoms with Crippen LogP contribution in [-0.4, -0.2) is 24.0 Å². The van der Waals surface area contributed by atoms with Gasteiger partial charge in [-0.1, -0.05) is 13.3 Å². The highest BCUT2D eigenvalue weighted by Crippen LogP contribution is 2.12. The van der Waals surface area contributed by atoms with E-state index in [4.69, 9.17) is 10.5 Å². The molecule has 0 spiro atoms. The quantitative estimate of drug-likeness (QED) is 0.782. The van der Waals surface area contributed by atoms with Crippen LogP contribution in [-0.2, 0) is 9.53 Å². The average Bonchev–Trinajstić information content (AvgIpc) is 2.39. The summed E-state index contributed by atoms with van der Waals surface area (Å²) in [6.07, 6.45) is 1.34. The van der Waals surface area contributed by atoms with Crippen LogP contribution in [0.15, 0.2) is 24.3 Å². The van der Waals surface area contributed by atoms with Crippen molar-refractivity contribution in [3.8, 4) is 0 Å². The molecule has 0 aliphatic heterocycles. The van der Waals surface area contributed by atoms with E-state index in [2.05, 4.69) is 5.32 Å². The molecule has 1 aromatic rings. The van der Waals surface area contributed by atoms with Gasteiger partial charge in [0.05, 0.1) is 17.7 Å². The van der Waals surface area contributed by atoms with E-state index in [0.29, 0.717) is 17.7 Å². The van der Waals surface area contributed by atoms with E-state index in [-0.39, 0.29) is 18.0 Å². The first-order chi connectivity index (χ1) is 9.43. The van der Waals surface area contributed by atoms with Gasteiger partial charge in [0, 0.05) is 5.69 Å². The van der Waals surface area contributed by atoms with Crippen LogP contribution < -0.4 is 11.1 Å². The predicted octanol–water partition coefficient (Wildman–Crippen LogP) is 2.32. The second kappa shape index (κ2) is 7.65. The van der Waals surface area contributed by atoms with Gasteiger partial charge in [0.15, 0.2) is 0 Å². The highest BCUT2D eigenvalue weighted by Gasteiger charge is 2.13. The van der Waals surface area contributed by atoms with E-state index in [1.54, 1.807) is 38.1 Å². The number of esters is 1. The van der Waals surface area contributed by atoms with Crippen molar-refractivity contribution in [3.63, 3.8) is 0 Å². The number of nitrogens with two attached hydrogens (primary N) is 1. The summed E-state index contributed by atoms with van der Waals surface area (Å²) in [6, 6.07) is 6.05. The topological polar surface area (TPSA) is 81.4 Å². The zero-order valence-corrected chi connectivity index (χ0v) is 12.2. The molecule has 110 valence electrons. The second-order valence-electron chi connectivity index (χ2n) is 4.92. The molecule has 0 aliphatic rings. The number of carbonyl (C=O) groups excluding carboxylic acids is 2. The minimum Gasteiger partial charge on any atom is -0.459 e. The lowest BCUT2D eigenvalue weighted by molar-refractivity contribution is -0.117. The fraction of sp³-hybridized carbons (Fsp3) is 0.467. The molecule has 0 saturated carbocycles. The molecule has 20 heavy (non-hydrogen) atoms. The van der Waals surface area contributed by atoms with Crippen molar-refractivity contribution >= 4 is 17.6 Å². The molecule has 0 heterocycles. The van der Waals surface area contributed by atoms with Gasteiger partial charge >= 0.3 is 5.97 Å². The first kappa shape index (κ1) is 16.2. The number of rotatable bonds is 6. The SMILES string of the molecule is CCC[C@@H](N)C(=O)Nc1ccc(C(=O)OC(C)C)cc1. The van der Waals surface area contributed by atoms with E-state index < -0.39 is 6.04 Å². The summed E-state index contributed by atoms with van der Waals surface area (Å²) in [5, 5.41) is 2.72. The lowest BCUT2D eigenvalue weighted by Gasteiger charge is -2.12. The van der Waals surface area contributed by atoms with Crippen LogP contribution in [0.3, 0.4) is 0 Å². The summed E-state index contributed by atoms with van der Waals surface area (Å²) in [4.78, 5) is 23.4. The third kappa shape index (κ3) is 5.01. The molecule has 0 saturated heterocycles. The third-order valence-corrected chi connectivity index (χ3v) is 2.67. The van der Waals surface area contributed by atoms with Crippen molar-refractivity contribution in [2.75, 3.05) is 5.32 Å². The van der Waals surface area contributed by atoms with Gasteiger partial charge in [-0.3, -0.25) is 4.79 Å². The lowest BCUT2D eigenvalue weighted by atomic mass is 10.1. The maximum atomic E-state index is 11.7. The molecule has 3 N–H and O–H groups in total. The molecular formula is C15H22N2O3. The summed E-state index contributed by atoms with van der Waals surface area (Å²) >= 11 is 0. The predicted molar refractivity (Wildman–Crippen MR) is 78.5 cm³/mol. The third-order valence-electron chi connectivity index (χ3n) is 2.67. The fourth-order valence-corrected chi connectivity index (χ4v) is 1.65. The Kier molecular flexibility index (Phi) is 6.18. The highest BCUT2D eigenvalue weighted by molar-refractivity contribution is 5.95. The largest absolute Gasteiger partial charge is 0.459 e. The first-order valence-electron chi connectivity index (χ1n) is 6.81. The van der Waals surface area contributed by atoms with Crippen LogP contribution in [0.25, 0.3) is 0 Å². The van der Waals surface area contributed by atoms with Gasteiger partial charge in [-0.25, -0.2) is 4.79 Å². The van der Waals surface area contributed by atoms with Gasteiger partial charge in [-0.05, 0) is 44.5 Å². The van der Waals surface area contributed by atoms with Gasteiger partial charge in [-0.15, -0.1) is 0 Å². The van der Waals surface area contributed by atoms with Gasteiger partial charge < -0.3 is 15.8 Å². The van der Waals surface area contributed by atoms with Crippen molar-refractivity contribution in [2.45, 2.75) is 45.8 Å². The number of nitrogens with one attached hydrogen (secondary N) is 1. The van der Waals surface area contributed by atoms with Crippen LogP contribution in [0.4, 0.5) is 5.69 Å². The number of anilines is 1. The minimum atomic E-state index is -0.509. The van der Waals surface area contributed by atoms with E-state index in [9.17, 15) is 9.59 Å². The molecule has 0 bridgehead atoms. The Morgan fingerprint density at radius 3 is 2.35 bits per heavy atom. The van der Waals surface area contributed by atoms with Gasteiger partial charge in [-0.2, -0.15) is 0 Å². The van der Waals surface area contributed by atoms with Gasteiger partial charge in [0.25, 0.3) is 0 Å². The molecule has 0 aromatic heterocycles. The highest BCUT2D eigenvalue weighted by atomic mass is 16.5. The molecule has 1 atom stereocenters. The van der Waals surface area contributed by atoms with E-state index >= 15 is 0 Å². The average molecular weight is 278 g/mol. The van der Waals surface area contributed by atoms with Gasteiger partial charge in [0.1, 0.15) is 0 Å². The van der Waals surface area contributed by atoms with E-state index in [1.807, 2.05) is 6.92 Å². The van der Waals surface area contributed by atoms with Crippen molar-refractivity contribution in [2.24, 2.45) is 5.73 Å². The van der Waals surface area contributed by atoms with Crippen LogP contribution in [0, 0.1) is 0 Å². The number of hydrogen-bond acceptors (Lipinski definition) is 4. The number of amides is 1. The van der Waals surface area contributed by atoms with E-state index in [1.165, 1.54) is 0 Å². The molecule has 5 nitrogen and oxygen atoms in total. The number of benzene rings is 1. The van der Waals surface area contributed by atoms with Crippen molar-refractivity contribution in [3.05, 3.63) is 29.8 Å². The minimum absolute atomic E-state index is 0.158. The molecule has 0 fully saturated rings. The monoisotopic (exact) mass is 278 g/mol. The Labute approximate surface area is 119 Å². The van der Waals surface area contributed by atoms with E-state index in [0.717, 1.165) is 6.42 Å². The number of hydrogen-bond donors (Lipinski definition) is 2. The maximum absolute atomic E-state index is 11.7. The van der Waals surface area contributed by atoms with Crippen molar-refractivity contribution in [1.29, 1.82) is 0 Å². The van der Waals surface area contributed by atoms with Crippen LogP contribution in [0.1, 0.15) is 44.0 Å². The van der Waals surface area contributed by atoms with Crippen molar-refractivity contribution < 1.29 is 14.3 Å². The summed E-state index contributed by atoms with van der Waals surface area (Å²) in [5.41, 5.74) is 6.79. The lowest BCUT2D eigenvalue weighted by Crippen LogP contribution is -2.35. The Balaban J connectivity index is 2.63. The second-order valence-corrected chi connectivity index (χ2v) is 4.92. The Morgan fingerprint density at radius 2 is 1.85 bits per heavy atom. The molecular weight excluding hydrogens is 256 g/mol. The van der Waals surface area contributed by atoms with Crippen LogP contribution >= 0.6 is 0 Å². The summed E-state index contributed by atoms with van der Waals surface area (Å²) in [6.45, 7) is 5.56.